The van der Waals surface area contributed by atoms with Crippen LogP contribution >= 0.6 is 11.3 Å². The monoisotopic (exact) mass is 483 g/mol. The molecule has 0 aliphatic carbocycles. The maximum Gasteiger partial charge on any atom is 0.260 e. The number of hydrogen-bond acceptors (Lipinski definition) is 7. The number of unbranched alkanes of at least 4 members (excludes halogenated alkanes) is 2. The van der Waals surface area contributed by atoms with Crippen LogP contribution in [0.25, 0.3) is 10.2 Å². The second-order valence-corrected chi connectivity index (χ2v) is 9.33. The summed E-state index contributed by atoms with van der Waals surface area (Å²) >= 11 is 1.51. The van der Waals surface area contributed by atoms with Crippen LogP contribution in [-0.4, -0.2) is 68.9 Å². The maximum atomic E-state index is 13.6. The minimum absolute atomic E-state index is 0.0585. The van der Waals surface area contributed by atoms with Crippen LogP contribution in [-0.2, 0) is 4.74 Å². The van der Waals surface area contributed by atoms with E-state index in [9.17, 15) is 4.79 Å². The number of methoxy groups -OCH3 is 1. The van der Waals surface area contributed by atoms with Crippen LogP contribution in [0.2, 0.25) is 0 Å². The number of aromatic nitrogens is 1. The predicted octanol–water partition coefficient (Wildman–Crippen LogP) is 4.85. The van der Waals surface area contributed by atoms with Crippen molar-refractivity contribution in [2.75, 3.05) is 58.0 Å². The molecule has 4 rings (SSSR count). The van der Waals surface area contributed by atoms with Crippen molar-refractivity contribution in [3.05, 3.63) is 48.0 Å². The molecule has 1 saturated heterocycles. The third-order valence-electron chi connectivity index (χ3n) is 5.92. The lowest BCUT2D eigenvalue weighted by Crippen LogP contribution is -2.43. The third-order valence-corrected chi connectivity index (χ3v) is 6.96. The van der Waals surface area contributed by atoms with Crippen molar-refractivity contribution < 1.29 is 19.0 Å². The second-order valence-electron chi connectivity index (χ2n) is 8.32. The fourth-order valence-corrected chi connectivity index (χ4v) is 4.90. The van der Waals surface area contributed by atoms with Crippen molar-refractivity contribution in [3.63, 3.8) is 0 Å². The number of nitrogens with zero attached hydrogens (tertiary/aromatic N) is 3. The van der Waals surface area contributed by atoms with Gasteiger partial charge in [-0.2, -0.15) is 0 Å². The standard InChI is InChI=1S/C26H33N3O4S/c1-3-4-5-16-33-21-8-6-20(7-9-21)25(30)29(13-12-28-14-17-32-18-15-28)26-27-23-11-10-22(31-2)19-24(23)34-26/h6-11,19H,3-5,12-18H2,1-2H3. The molecule has 0 bridgehead atoms. The van der Waals surface area contributed by atoms with Gasteiger partial charge in [0, 0.05) is 31.7 Å². The summed E-state index contributed by atoms with van der Waals surface area (Å²) in [7, 11) is 1.65. The number of rotatable bonds is 11. The molecular formula is C26H33N3O4S. The molecule has 1 amide bonds. The first kappa shape index (κ1) is 24.4. The smallest absolute Gasteiger partial charge is 0.260 e. The van der Waals surface area contributed by atoms with Gasteiger partial charge in [-0.15, -0.1) is 0 Å². The number of anilines is 1. The van der Waals surface area contributed by atoms with E-state index in [1.54, 1.807) is 12.0 Å². The molecule has 0 N–H and O–H groups in total. The summed E-state index contributed by atoms with van der Waals surface area (Å²) in [6.07, 6.45) is 3.35. The predicted molar refractivity (Wildman–Crippen MR) is 137 cm³/mol. The van der Waals surface area contributed by atoms with Gasteiger partial charge in [0.15, 0.2) is 5.13 Å². The lowest BCUT2D eigenvalue weighted by molar-refractivity contribution is 0.0391. The molecule has 1 fully saturated rings. The lowest BCUT2D eigenvalue weighted by Gasteiger charge is -2.29. The van der Waals surface area contributed by atoms with E-state index in [1.807, 2.05) is 42.5 Å². The van der Waals surface area contributed by atoms with E-state index in [0.29, 0.717) is 23.8 Å². The summed E-state index contributed by atoms with van der Waals surface area (Å²) in [5.41, 5.74) is 1.49. The Morgan fingerprint density at radius 1 is 1.12 bits per heavy atom. The Bertz CT molecular complexity index is 1060. The zero-order chi connectivity index (χ0) is 23.8. The van der Waals surface area contributed by atoms with E-state index in [4.69, 9.17) is 19.2 Å². The first-order valence-electron chi connectivity index (χ1n) is 12.0. The number of carbonyl (C=O) groups excluding carboxylic acids is 1. The number of carbonyl (C=O) groups is 1. The normalized spacial score (nSPS) is 14.3. The summed E-state index contributed by atoms with van der Waals surface area (Å²) < 4.78 is 17.6. The number of fused-ring (bicyclic) bond motifs is 1. The zero-order valence-corrected chi connectivity index (χ0v) is 20.8. The number of ether oxygens (including phenoxy) is 3. The van der Waals surface area contributed by atoms with Gasteiger partial charge < -0.3 is 14.2 Å². The summed E-state index contributed by atoms with van der Waals surface area (Å²) in [6, 6.07) is 13.2. The van der Waals surface area contributed by atoms with Crippen molar-refractivity contribution >= 4 is 32.6 Å². The molecule has 8 heteroatoms. The fourth-order valence-electron chi connectivity index (χ4n) is 3.88. The molecular weight excluding hydrogens is 450 g/mol. The summed E-state index contributed by atoms with van der Waals surface area (Å²) in [5.74, 6) is 1.51. The van der Waals surface area contributed by atoms with Crippen LogP contribution in [0, 0.1) is 0 Å². The summed E-state index contributed by atoms with van der Waals surface area (Å²) in [6.45, 7) is 7.42. The van der Waals surface area contributed by atoms with Crippen LogP contribution < -0.4 is 14.4 Å². The largest absolute Gasteiger partial charge is 0.497 e. The SMILES string of the molecule is CCCCCOc1ccc(C(=O)N(CCN2CCOCC2)c2nc3ccc(OC)cc3s2)cc1. The minimum atomic E-state index is -0.0585. The van der Waals surface area contributed by atoms with Crippen molar-refractivity contribution in [1.29, 1.82) is 0 Å². The molecule has 0 radical (unpaired) electrons. The van der Waals surface area contributed by atoms with E-state index >= 15 is 0 Å². The molecule has 2 aromatic carbocycles. The zero-order valence-electron chi connectivity index (χ0n) is 20.0. The van der Waals surface area contributed by atoms with Gasteiger partial charge in [-0.25, -0.2) is 4.98 Å². The number of amides is 1. The highest BCUT2D eigenvalue weighted by Crippen LogP contribution is 2.32. The van der Waals surface area contributed by atoms with Crippen LogP contribution in [0.3, 0.4) is 0 Å². The maximum absolute atomic E-state index is 13.6. The first-order valence-corrected chi connectivity index (χ1v) is 12.8. The highest BCUT2D eigenvalue weighted by molar-refractivity contribution is 7.22. The van der Waals surface area contributed by atoms with Gasteiger partial charge in [0.05, 0.1) is 37.1 Å². The Morgan fingerprint density at radius 2 is 1.88 bits per heavy atom. The van der Waals surface area contributed by atoms with E-state index in [2.05, 4.69) is 11.8 Å². The average molecular weight is 484 g/mol. The van der Waals surface area contributed by atoms with Gasteiger partial charge in [-0.1, -0.05) is 31.1 Å². The molecule has 0 unspecified atom stereocenters. The molecule has 1 aliphatic heterocycles. The summed E-state index contributed by atoms with van der Waals surface area (Å²) in [4.78, 5) is 22.5. The number of benzene rings is 2. The minimum Gasteiger partial charge on any atom is -0.497 e. The Kier molecular flexibility index (Phi) is 8.73. The van der Waals surface area contributed by atoms with E-state index in [0.717, 1.165) is 73.8 Å². The molecule has 0 atom stereocenters. The third kappa shape index (κ3) is 6.25. The number of thiazole rings is 1. The molecule has 3 aromatic rings. The lowest BCUT2D eigenvalue weighted by atomic mass is 10.2. The van der Waals surface area contributed by atoms with Gasteiger partial charge in [-0.05, 0) is 48.9 Å². The van der Waals surface area contributed by atoms with Crippen LogP contribution in [0.4, 0.5) is 5.13 Å². The van der Waals surface area contributed by atoms with E-state index in [-0.39, 0.29) is 5.91 Å². The van der Waals surface area contributed by atoms with Crippen molar-refractivity contribution in [3.8, 4) is 11.5 Å². The Balaban J connectivity index is 1.52. The molecule has 1 aromatic heterocycles. The number of hydrogen-bond donors (Lipinski definition) is 0. The topological polar surface area (TPSA) is 64.1 Å². The van der Waals surface area contributed by atoms with Gasteiger partial charge in [0.1, 0.15) is 11.5 Å². The average Bonchev–Trinajstić information content (AvgIpc) is 3.30. The van der Waals surface area contributed by atoms with Gasteiger partial charge in [0.2, 0.25) is 0 Å². The van der Waals surface area contributed by atoms with Crippen LogP contribution in [0.5, 0.6) is 11.5 Å². The molecule has 2 heterocycles. The van der Waals surface area contributed by atoms with Crippen molar-refractivity contribution in [2.45, 2.75) is 26.2 Å². The van der Waals surface area contributed by atoms with Crippen LogP contribution in [0.1, 0.15) is 36.5 Å². The van der Waals surface area contributed by atoms with Gasteiger partial charge in [-0.3, -0.25) is 14.6 Å². The molecule has 1 aliphatic rings. The highest BCUT2D eigenvalue weighted by Gasteiger charge is 2.23. The van der Waals surface area contributed by atoms with E-state index < -0.39 is 0 Å². The molecule has 34 heavy (non-hydrogen) atoms. The molecule has 182 valence electrons. The van der Waals surface area contributed by atoms with Crippen molar-refractivity contribution in [1.82, 2.24) is 9.88 Å². The first-order chi connectivity index (χ1) is 16.7. The second kappa shape index (κ2) is 12.1. The fraction of sp³-hybridized carbons (Fsp3) is 0.462. The Morgan fingerprint density at radius 3 is 2.62 bits per heavy atom. The highest BCUT2D eigenvalue weighted by atomic mass is 32.1. The quantitative estimate of drug-likeness (QED) is 0.363. The Hall–Kier alpha value is -2.68. The summed E-state index contributed by atoms with van der Waals surface area (Å²) in [5, 5.41) is 0.696. The van der Waals surface area contributed by atoms with Crippen molar-refractivity contribution in [2.24, 2.45) is 0 Å². The molecule has 0 saturated carbocycles. The number of morpholine rings is 1. The molecule has 7 nitrogen and oxygen atoms in total. The van der Waals surface area contributed by atoms with E-state index in [1.165, 1.54) is 11.3 Å². The Labute approximate surface area is 205 Å². The van der Waals surface area contributed by atoms with Gasteiger partial charge >= 0.3 is 0 Å². The van der Waals surface area contributed by atoms with Gasteiger partial charge in [0.25, 0.3) is 5.91 Å². The molecule has 0 spiro atoms. The van der Waals surface area contributed by atoms with Crippen LogP contribution in [0.15, 0.2) is 42.5 Å².